The van der Waals surface area contributed by atoms with E-state index in [0.29, 0.717) is 6.61 Å². The van der Waals surface area contributed by atoms with Gasteiger partial charge in [0, 0.05) is 24.3 Å². The van der Waals surface area contributed by atoms with Gasteiger partial charge in [0.25, 0.3) is 0 Å². The summed E-state index contributed by atoms with van der Waals surface area (Å²) in [7, 11) is 2.12. The fraction of sp³-hybridized carbons (Fsp3) is 0.286. The lowest BCUT2D eigenvalue weighted by molar-refractivity contribution is 0.232. The number of aryl methyl sites for hydroxylation is 1. The third kappa shape index (κ3) is 4.28. The average molecular weight is 335 g/mol. The third-order valence-corrected chi connectivity index (χ3v) is 4.35. The SMILES string of the molecule is Cc1nn(-c2ccccc2)c(C)c1CN(C)CCOc1ccccc1. The molecule has 0 unspecified atom stereocenters. The van der Waals surface area contributed by atoms with Crippen molar-refractivity contribution >= 4 is 0 Å². The van der Waals surface area contributed by atoms with Gasteiger partial charge in [0.1, 0.15) is 12.4 Å². The number of hydrogen-bond donors (Lipinski definition) is 0. The number of para-hydroxylation sites is 2. The molecular formula is C21H25N3O. The van der Waals surface area contributed by atoms with Crippen LogP contribution in [0.15, 0.2) is 60.7 Å². The highest BCUT2D eigenvalue weighted by Gasteiger charge is 2.14. The fourth-order valence-electron chi connectivity index (χ4n) is 2.91. The zero-order valence-electron chi connectivity index (χ0n) is 15.1. The maximum absolute atomic E-state index is 5.79. The molecule has 4 nitrogen and oxygen atoms in total. The van der Waals surface area contributed by atoms with Gasteiger partial charge in [-0.15, -0.1) is 0 Å². The number of likely N-dealkylation sites (N-methyl/N-ethyl adjacent to an activating group) is 1. The lowest BCUT2D eigenvalue weighted by Gasteiger charge is -2.17. The Balaban J connectivity index is 1.61. The van der Waals surface area contributed by atoms with Gasteiger partial charge in [-0.2, -0.15) is 5.10 Å². The number of aromatic nitrogens is 2. The maximum Gasteiger partial charge on any atom is 0.119 e. The van der Waals surface area contributed by atoms with Crippen molar-refractivity contribution in [2.75, 3.05) is 20.2 Å². The molecule has 0 spiro atoms. The summed E-state index contributed by atoms with van der Waals surface area (Å²) in [4.78, 5) is 2.27. The fourth-order valence-corrected chi connectivity index (χ4v) is 2.91. The van der Waals surface area contributed by atoms with Gasteiger partial charge in [0.2, 0.25) is 0 Å². The highest BCUT2D eigenvalue weighted by atomic mass is 16.5. The first kappa shape index (κ1) is 17.2. The Labute approximate surface area is 149 Å². The molecule has 0 saturated carbocycles. The van der Waals surface area contributed by atoms with Gasteiger partial charge in [0.05, 0.1) is 11.4 Å². The van der Waals surface area contributed by atoms with Crippen LogP contribution in [0.3, 0.4) is 0 Å². The highest BCUT2D eigenvalue weighted by Crippen LogP contribution is 2.19. The second-order valence-corrected chi connectivity index (χ2v) is 6.30. The molecule has 0 radical (unpaired) electrons. The molecule has 0 aliphatic rings. The first-order valence-corrected chi connectivity index (χ1v) is 8.62. The Hall–Kier alpha value is -2.59. The van der Waals surface area contributed by atoms with Crippen LogP contribution in [-0.2, 0) is 6.54 Å². The molecule has 0 aliphatic carbocycles. The van der Waals surface area contributed by atoms with Gasteiger partial charge in [0.15, 0.2) is 0 Å². The van der Waals surface area contributed by atoms with E-state index in [2.05, 4.69) is 37.9 Å². The van der Waals surface area contributed by atoms with E-state index in [1.807, 2.05) is 53.2 Å². The number of ether oxygens (including phenoxy) is 1. The molecule has 4 heteroatoms. The van der Waals surface area contributed by atoms with E-state index in [9.17, 15) is 0 Å². The van der Waals surface area contributed by atoms with Crippen molar-refractivity contribution in [1.82, 2.24) is 14.7 Å². The first-order valence-electron chi connectivity index (χ1n) is 8.62. The van der Waals surface area contributed by atoms with E-state index < -0.39 is 0 Å². The van der Waals surface area contributed by atoms with Crippen LogP contribution in [0, 0.1) is 13.8 Å². The van der Waals surface area contributed by atoms with Crippen LogP contribution in [0.2, 0.25) is 0 Å². The van der Waals surface area contributed by atoms with Crippen molar-refractivity contribution in [3.8, 4) is 11.4 Å². The van der Waals surface area contributed by atoms with E-state index in [-0.39, 0.29) is 0 Å². The van der Waals surface area contributed by atoms with E-state index in [1.165, 1.54) is 11.3 Å². The van der Waals surface area contributed by atoms with Gasteiger partial charge in [-0.3, -0.25) is 4.90 Å². The predicted octanol–water partition coefficient (Wildman–Crippen LogP) is 4.00. The normalized spacial score (nSPS) is 11.0. The average Bonchev–Trinajstić information content (AvgIpc) is 2.91. The van der Waals surface area contributed by atoms with Crippen molar-refractivity contribution in [3.63, 3.8) is 0 Å². The van der Waals surface area contributed by atoms with Gasteiger partial charge in [-0.05, 0) is 45.2 Å². The molecule has 0 aliphatic heterocycles. The molecule has 0 N–H and O–H groups in total. The van der Waals surface area contributed by atoms with Crippen molar-refractivity contribution in [3.05, 3.63) is 77.6 Å². The quantitative estimate of drug-likeness (QED) is 0.654. The minimum absolute atomic E-state index is 0.672. The lowest BCUT2D eigenvalue weighted by Crippen LogP contribution is -2.24. The number of nitrogens with zero attached hydrogens (tertiary/aromatic N) is 3. The summed E-state index contributed by atoms with van der Waals surface area (Å²) in [6, 6.07) is 20.2. The van der Waals surface area contributed by atoms with Crippen LogP contribution >= 0.6 is 0 Å². The van der Waals surface area contributed by atoms with Crippen LogP contribution < -0.4 is 4.74 Å². The predicted molar refractivity (Wildman–Crippen MR) is 101 cm³/mol. The summed E-state index contributed by atoms with van der Waals surface area (Å²) in [5.74, 6) is 0.917. The van der Waals surface area contributed by atoms with E-state index in [1.54, 1.807) is 0 Å². The van der Waals surface area contributed by atoms with Gasteiger partial charge in [-0.25, -0.2) is 4.68 Å². The van der Waals surface area contributed by atoms with Crippen molar-refractivity contribution in [1.29, 1.82) is 0 Å². The van der Waals surface area contributed by atoms with Crippen molar-refractivity contribution in [2.24, 2.45) is 0 Å². The molecule has 2 aromatic carbocycles. The summed E-state index contributed by atoms with van der Waals surface area (Å²) in [5, 5.41) is 4.72. The second-order valence-electron chi connectivity index (χ2n) is 6.30. The molecule has 1 aromatic heterocycles. The van der Waals surface area contributed by atoms with E-state index in [4.69, 9.17) is 9.84 Å². The highest BCUT2D eigenvalue weighted by molar-refractivity contribution is 5.36. The standard InChI is InChI=1S/C21H25N3O/c1-17-21(18(2)24(22-17)19-10-6-4-7-11-19)16-23(3)14-15-25-20-12-8-5-9-13-20/h4-13H,14-16H2,1-3H3. The molecule has 0 saturated heterocycles. The van der Waals surface area contributed by atoms with Gasteiger partial charge < -0.3 is 4.74 Å². The number of hydrogen-bond acceptors (Lipinski definition) is 3. The Morgan fingerprint density at radius 2 is 1.60 bits per heavy atom. The summed E-state index contributed by atoms with van der Waals surface area (Å²) < 4.78 is 7.81. The molecule has 0 fully saturated rings. The zero-order chi connectivity index (χ0) is 17.6. The monoisotopic (exact) mass is 335 g/mol. The van der Waals surface area contributed by atoms with Crippen LogP contribution in [-0.4, -0.2) is 34.9 Å². The smallest absolute Gasteiger partial charge is 0.119 e. The van der Waals surface area contributed by atoms with Crippen LogP contribution in [0.5, 0.6) is 5.75 Å². The largest absolute Gasteiger partial charge is 0.492 e. The second kappa shape index (κ2) is 7.99. The molecular weight excluding hydrogens is 310 g/mol. The van der Waals surface area contributed by atoms with Gasteiger partial charge in [-0.1, -0.05) is 36.4 Å². The Bertz CT molecular complexity index is 797. The lowest BCUT2D eigenvalue weighted by atomic mass is 10.2. The first-order chi connectivity index (χ1) is 12.1. The molecule has 0 atom stereocenters. The molecule has 3 aromatic rings. The van der Waals surface area contributed by atoms with E-state index in [0.717, 1.165) is 30.2 Å². The van der Waals surface area contributed by atoms with Crippen LogP contribution in [0.4, 0.5) is 0 Å². The van der Waals surface area contributed by atoms with Crippen molar-refractivity contribution in [2.45, 2.75) is 20.4 Å². The third-order valence-electron chi connectivity index (χ3n) is 4.35. The molecule has 1 heterocycles. The Kier molecular flexibility index (Phi) is 5.51. The number of benzene rings is 2. The molecule has 3 rings (SSSR count). The molecule has 25 heavy (non-hydrogen) atoms. The Morgan fingerprint density at radius 3 is 2.28 bits per heavy atom. The molecule has 130 valence electrons. The van der Waals surface area contributed by atoms with E-state index >= 15 is 0 Å². The minimum Gasteiger partial charge on any atom is -0.492 e. The van der Waals surface area contributed by atoms with Crippen LogP contribution in [0.25, 0.3) is 5.69 Å². The Morgan fingerprint density at radius 1 is 0.960 bits per heavy atom. The summed E-state index contributed by atoms with van der Waals surface area (Å²) in [6.45, 7) is 6.62. The number of rotatable bonds is 7. The summed E-state index contributed by atoms with van der Waals surface area (Å²) >= 11 is 0. The minimum atomic E-state index is 0.672. The zero-order valence-corrected chi connectivity index (χ0v) is 15.1. The molecule has 0 amide bonds. The maximum atomic E-state index is 5.79. The van der Waals surface area contributed by atoms with Gasteiger partial charge >= 0.3 is 0 Å². The van der Waals surface area contributed by atoms with Crippen LogP contribution in [0.1, 0.15) is 17.0 Å². The topological polar surface area (TPSA) is 30.3 Å². The molecule has 0 bridgehead atoms. The summed E-state index contributed by atoms with van der Waals surface area (Å²) in [6.07, 6.45) is 0. The van der Waals surface area contributed by atoms with Crippen molar-refractivity contribution < 1.29 is 4.74 Å². The summed E-state index contributed by atoms with van der Waals surface area (Å²) in [5.41, 5.74) is 4.66.